The van der Waals surface area contributed by atoms with Crippen molar-refractivity contribution in [3.05, 3.63) is 11.0 Å². The number of anilines is 1. The summed E-state index contributed by atoms with van der Waals surface area (Å²) in [4.78, 5) is 18.7. The summed E-state index contributed by atoms with van der Waals surface area (Å²) in [7, 11) is 2.75. The summed E-state index contributed by atoms with van der Waals surface area (Å²) in [5.74, 6) is -0.119. The zero-order valence-electron chi connectivity index (χ0n) is 9.99. The molecule has 0 saturated carbocycles. The third-order valence-corrected chi connectivity index (χ3v) is 2.23. The fourth-order valence-corrected chi connectivity index (χ4v) is 1.41. The van der Waals surface area contributed by atoms with Gasteiger partial charge in [-0.2, -0.15) is 4.98 Å². The van der Waals surface area contributed by atoms with E-state index in [1.54, 1.807) is 0 Å². The molecule has 0 atom stereocenters. The van der Waals surface area contributed by atoms with E-state index in [1.165, 1.54) is 14.2 Å². The monoisotopic (exact) mass is 272 g/mol. The number of aromatic nitrogens is 2. The summed E-state index contributed by atoms with van der Waals surface area (Å²) < 4.78 is 9.55. The van der Waals surface area contributed by atoms with Crippen molar-refractivity contribution >= 4 is 29.5 Å². The molecular formula is C10H13ClN4O3. The van der Waals surface area contributed by atoms with E-state index in [0.717, 1.165) is 6.21 Å². The van der Waals surface area contributed by atoms with E-state index in [-0.39, 0.29) is 29.2 Å². The quantitative estimate of drug-likeness (QED) is 0.457. The second-order valence-corrected chi connectivity index (χ2v) is 3.50. The molecule has 8 heteroatoms. The largest absolute Gasteiger partial charge is 0.479 e. The molecule has 0 radical (unpaired) electrons. The number of carbonyl (C=O) groups is 1. The van der Waals surface area contributed by atoms with Crippen LogP contribution in [0.3, 0.4) is 0 Å². The minimum atomic E-state index is -0.340. The standard InChI is InChI=1S/C10H13ClN4O3/c1-17-7(16)3-4-13-8-6(5-12)14-10(11)15-9(8)18-2/h5,12-13H,3-4H2,1-2H3. The number of carbonyl (C=O) groups excluding carboxylic acids is 1. The van der Waals surface area contributed by atoms with Crippen LogP contribution in [0.5, 0.6) is 5.88 Å². The van der Waals surface area contributed by atoms with Gasteiger partial charge in [-0.05, 0) is 11.6 Å². The smallest absolute Gasteiger partial charge is 0.307 e. The van der Waals surface area contributed by atoms with Crippen molar-refractivity contribution in [3.63, 3.8) is 0 Å². The summed E-state index contributed by atoms with van der Waals surface area (Å²) >= 11 is 5.68. The van der Waals surface area contributed by atoms with Gasteiger partial charge in [-0.25, -0.2) is 4.98 Å². The van der Waals surface area contributed by atoms with Crippen LogP contribution >= 0.6 is 11.6 Å². The van der Waals surface area contributed by atoms with Gasteiger partial charge in [0.25, 0.3) is 0 Å². The summed E-state index contributed by atoms with van der Waals surface area (Å²) in [6.07, 6.45) is 1.20. The predicted octanol–water partition coefficient (Wildman–Crippen LogP) is 1.11. The van der Waals surface area contributed by atoms with Crippen LogP contribution < -0.4 is 10.1 Å². The molecule has 0 spiro atoms. The van der Waals surface area contributed by atoms with Crippen molar-refractivity contribution in [2.24, 2.45) is 0 Å². The highest BCUT2D eigenvalue weighted by Crippen LogP contribution is 2.25. The first-order chi connectivity index (χ1) is 8.62. The minimum Gasteiger partial charge on any atom is -0.479 e. The second kappa shape index (κ2) is 6.75. The number of nitrogens with one attached hydrogen (secondary N) is 2. The number of hydrogen-bond donors (Lipinski definition) is 2. The molecule has 0 unspecified atom stereocenters. The lowest BCUT2D eigenvalue weighted by Gasteiger charge is -2.11. The van der Waals surface area contributed by atoms with Crippen molar-refractivity contribution in [1.82, 2.24) is 9.97 Å². The predicted molar refractivity (Wildman–Crippen MR) is 66.6 cm³/mol. The zero-order chi connectivity index (χ0) is 13.5. The van der Waals surface area contributed by atoms with Crippen LogP contribution in [0.15, 0.2) is 0 Å². The average molecular weight is 273 g/mol. The van der Waals surface area contributed by atoms with E-state index in [9.17, 15) is 4.79 Å². The third-order valence-electron chi connectivity index (χ3n) is 2.07. The molecule has 0 aromatic carbocycles. The number of halogens is 1. The molecular weight excluding hydrogens is 260 g/mol. The molecule has 0 amide bonds. The lowest BCUT2D eigenvalue weighted by molar-refractivity contribution is -0.140. The Kier molecular flexibility index (Phi) is 5.31. The maximum Gasteiger partial charge on any atom is 0.307 e. The van der Waals surface area contributed by atoms with Crippen molar-refractivity contribution in [2.75, 3.05) is 26.1 Å². The molecule has 0 aliphatic carbocycles. The fraction of sp³-hybridized carbons (Fsp3) is 0.400. The normalized spacial score (nSPS) is 9.72. The molecule has 98 valence electrons. The number of methoxy groups -OCH3 is 2. The maximum absolute atomic E-state index is 11.0. The van der Waals surface area contributed by atoms with Crippen molar-refractivity contribution in [1.29, 1.82) is 5.41 Å². The van der Waals surface area contributed by atoms with Crippen LogP contribution in [-0.4, -0.2) is 42.9 Å². The van der Waals surface area contributed by atoms with Crippen LogP contribution in [-0.2, 0) is 9.53 Å². The Morgan fingerprint density at radius 1 is 1.50 bits per heavy atom. The summed E-state index contributed by atoms with van der Waals surface area (Å²) in [5, 5.41) is 10.2. The van der Waals surface area contributed by atoms with Gasteiger partial charge in [-0.15, -0.1) is 0 Å². The van der Waals surface area contributed by atoms with Gasteiger partial charge < -0.3 is 20.2 Å². The molecule has 0 aliphatic rings. The SMILES string of the molecule is COC(=O)CCNc1c(C=N)nc(Cl)nc1OC. The van der Waals surface area contributed by atoms with Gasteiger partial charge in [-0.3, -0.25) is 4.79 Å². The first-order valence-electron chi connectivity index (χ1n) is 5.05. The Morgan fingerprint density at radius 2 is 2.22 bits per heavy atom. The van der Waals surface area contributed by atoms with Gasteiger partial charge >= 0.3 is 5.97 Å². The first-order valence-corrected chi connectivity index (χ1v) is 5.42. The molecule has 0 saturated heterocycles. The molecule has 7 nitrogen and oxygen atoms in total. The molecule has 1 heterocycles. The van der Waals surface area contributed by atoms with E-state index in [0.29, 0.717) is 12.2 Å². The maximum atomic E-state index is 11.0. The number of esters is 1. The number of nitrogens with zero attached hydrogens (tertiary/aromatic N) is 2. The Hall–Kier alpha value is -1.89. The van der Waals surface area contributed by atoms with Crippen molar-refractivity contribution in [2.45, 2.75) is 6.42 Å². The van der Waals surface area contributed by atoms with E-state index in [2.05, 4.69) is 20.0 Å². The number of ether oxygens (including phenoxy) is 2. The van der Waals surface area contributed by atoms with Gasteiger partial charge in [0.1, 0.15) is 11.4 Å². The molecule has 2 N–H and O–H groups in total. The van der Waals surface area contributed by atoms with E-state index in [4.69, 9.17) is 21.7 Å². The van der Waals surface area contributed by atoms with Crippen molar-refractivity contribution in [3.8, 4) is 5.88 Å². The Morgan fingerprint density at radius 3 is 2.78 bits per heavy atom. The average Bonchev–Trinajstić information content (AvgIpc) is 2.39. The molecule has 1 aromatic heterocycles. The van der Waals surface area contributed by atoms with Crippen LogP contribution in [0.25, 0.3) is 0 Å². The van der Waals surface area contributed by atoms with Gasteiger partial charge in [-0.1, -0.05) is 0 Å². The Bertz CT molecular complexity index is 453. The highest BCUT2D eigenvalue weighted by molar-refractivity contribution is 6.28. The molecule has 1 aromatic rings. The Balaban J connectivity index is 2.85. The lowest BCUT2D eigenvalue weighted by Crippen LogP contribution is -2.13. The topological polar surface area (TPSA) is 97.2 Å². The second-order valence-electron chi connectivity index (χ2n) is 3.16. The molecule has 1 rings (SSSR count). The third kappa shape index (κ3) is 3.56. The summed E-state index contributed by atoms with van der Waals surface area (Å²) in [5.41, 5.74) is 0.706. The number of rotatable bonds is 6. The van der Waals surface area contributed by atoms with Gasteiger partial charge in [0.2, 0.25) is 11.2 Å². The Labute approximate surface area is 109 Å². The first kappa shape index (κ1) is 14.2. The van der Waals surface area contributed by atoms with E-state index >= 15 is 0 Å². The molecule has 18 heavy (non-hydrogen) atoms. The van der Waals surface area contributed by atoms with Crippen molar-refractivity contribution < 1.29 is 14.3 Å². The van der Waals surface area contributed by atoms with Crippen LogP contribution in [0.1, 0.15) is 12.1 Å². The van der Waals surface area contributed by atoms with E-state index < -0.39 is 0 Å². The minimum absolute atomic E-state index is 0.0103. The van der Waals surface area contributed by atoms with Gasteiger partial charge in [0.05, 0.1) is 20.6 Å². The van der Waals surface area contributed by atoms with Gasteiger partial charge in [0, 0.05) is 12.8 Å². The lowest BCUT2D eigenvalue weighted by atomic mass is 10.3. The zero-order valence-corrected chi connectivity index (χ0v) is 10.7. The molecule has 0 bridgehead atoms. The highest BCUT2D eigenvalue weighted by Gasteiger charge is 2.13. The van der Waals surface area contributed by atoms with Gasteiger partial charge in [0.15, 0.2) is 0 Å². The highest BCUT2D eigenvalue weighted by atomic mass is 35.5. The summed E-state index contributed by atoms with van der Waals surface area (Å²) in [6.45, 7) is 0.314. The molecule has 0 fully saturated rings. The molecule has 0 aliphatic heterocycles. The van der Waals surface area contributed by atoms with Crippen LogP contribution in [0.4, 0.5) is 5.69 Å². The van der Waals surface area contributed by atoms with Crippen LogP contribution in [0.2, 0.25) is 5.28 Å². The number of hydrogen-bond acceptors (Lipinski definition) is 7. The fourth-order valence-electron chi connectivity index (χ4n) is 1.24. The van der Waals surface area contributed by atoms with Crippen LogP contribution in [0, 0.1) is 5.41 Å². The van der Waals surface area contributed by atoms with E-state index in [1.807, 2.05) is 0 Å². The summed E-state index contributed by atoms with van der Waals surface area (Å²) in [6, 6.07) is 0.